The molecule has 0 bridgehead atoms. The van der Waals surface area contributed by atoms with Gasteiger partial charge in [0.2, 0.25) is 33.9 Å². The molecule has 0 saturated heterocycles. The topological polar surface area (TPSA) is 248 Å². The first-order valence-corrected chi connectivity index (χ1v) is 17.5. The Hall–Kier alpha value is -5.57. The van der Waals surface area contributed by atoms with Gasteiger partial charge in [-0.1, -0.05) is 65.8 Å². The first kappa shape index (κ1) is 38.9. The van der Waals surface area contributed by atoms with Crippen LogP contribution in [0.1, 0.15) is 36.2 Å². The van der Waals surface area contributed by atoms with E-state index in [1.165, 1.54) is 85.8 Å². The second-order valence-corrected chi connectivity index (χ2v) is 13.6. The van der Waals surface area contributed by atoms with Crippen molar-refractivity contribution >= 4 is 50.0 Å². The molecule has 0 aliphatic carbocycles. The summed E-state index contributed by atoms with van der Waals surface area (Å²) in [5.74, 6) is -5.87. The Bertz CT molecular complexity index is 1910. The predicted octanol–water partition coefficient (Wildman–Crippen LogP) is 0.949. The summed E-state index contributed by atoms with van der Waals surface area (Å²) >= 11 is 0. The SMILES string of the molecule is CCC(=O)NC(NC(=O)c1ccccc1)(NS(=O)(=O)c1ccccc1)C(NC(C)=O)OC(=O)N(NC(=O)OC)NS(=O)(=O)c1ccc(C)cc1. The molecule has 5 amide bonds. The number of nitrogens with zero attached hydrogens (tertiary/aromatic N) is 1. The maximum atomic E-state index is 13.8. The Morgan fingerprint density at radius 1 is 0.800 bits per heavy atom. The van der Waals surface area contributed by atoms with Gasteiger partial charge in [-0.15, -0.1) is 5.12 Å². The summed E-state index contributed by atoms with van der Waals surface area (Å²) in [4.78, 5) is 66.1. The monoisotopic (exact) mass is 733 g/mol. The molecule has 0 spiro atoms. The fourth-order valence-electron chi connectivity index (χ4n) is 3.98. The molecule has 0 aliphatic heterocycles. The first-order chi connectivity index (χ1) is 23.5. The van der Waals surface area contributed by atoms with Crippen molar-refractivity contribution in [2.75, 3.05) is 7.11 Å². The number of hydrazine groups is 2. The molecule has 3 aromatic rings. The van der Waals surface area contributed by atoms with Crippen LogP contribution in [-0.4, -0.2) is 71.0 Å². The number of benzene rings is 3. The van der Waals surface area contributed by atoms with Gasteiger partial charge in [0, 0.05) is 18.9 Å². The van der Waals surface area contributed by atoms with Crippen molar-refractivity contribution in [3.63, 3.8) is 0 Å². The number of methoxy groups -OCH3 is 1. The number of amides is 5. The van der Waals surface area contributed by atoms with Gasteiger partial charge in [0.05, 0.1) is 16.9 Å². The van der Waals surface area contributed by atoms with E-state index in [9.17, 15) is 40.8 Å². The molecule has 0 aliphatic rings. The van der Waals surface area contributed by atoms with E-state index in [-0.39, 0.29) is 26.9 Å². The van der Waals surface area contributed by atoms with Crippen LogP contribution in [0.2, 0.25) is 0 Å². The summed E-state index contributed by atoms with van der Waals surface area (Å²) in [6.45, 7) is 4.01. The van der Waals surface area contributed by atoms with Crippen molar-refractivity contribution in [1.82, 2.24) is 36.0 Å². The van der Waals surface area contributed by atoms with Crippen LogP contribution in [-0.2, 0) is 39.1 Å². The van der Waals surface area contributed by atoms with E-state index in [1.807, 2.05) is 0 Å². The molecular weight excluding hydrogens is 699 g/mol. The minimum atomic E-state index is -4.76. The Labute approximate surface area is 287 Å². The fourth-order valence-corrected chi connectivity index (χ4v) is 6.21. The lowest BCUT2D eigenvalue weighted by atomic mass is 10.2. The standard InChI is InChI=1S/C30H35N7O11S2/c1-5-25(39)32-30(33-26(40)22-12-8-6-9-13-22,35-49(43,44)23-14-10-7-11-15-23)27(31-21(3)38)48-29(42)37(34-28(41)47-4)36-50(45,46)24-18-16-20(2)17-19-24/h6-19,27,35-36H,5H2,1-4H3,(H,31,38)(H,32,39)(H,33,40)(H,34,41). The van der Waals surface area contributed by atoms with Gasteiger partial charge in [-0.05, 0) is 43.3 Å². The number of aryl methyl sites for hydroxylation is 1. The molecule has 50 heavy (non-hydrogen) atoms. The molecule has 18 nitrogen and oxygen atoms in total. The van der Waals surface area contributed by atoms with Gasteiger partial charge in [0.1, 0.15) is 0 Å². The van der Waals surface area contributed by atoms with Gasteiger partial charge in [-0.2, -0.15) is 4.72 Å². The van der Waals surface area contributed by atoms with Crippen molar-refractivity contribution in [1.29, 1.82) is 0 Å². The van der Waals surface area contributed by atoms with E-state index in [0.717, 1.165) is 14.0 Å². The zero-order valence-corrected chi connectivity index (χ0v) is 28.8. The number of carbonyl (C=O) groups is 5. The lowest BCUT2D eigenvalue weighted by molar-refractivity contribution is -0.132. The second-order valence-electron chi connectivity index (χ2n) is 10.3. The summed E-state index contributed by atoms with van der Waals surface area (Å²) < 4.78 is 65.9. The van der Waals surface area contributed by atoms with Crippen LogP contribution in [0.4, 0.5) is 9.59 Å². The van der Waals surface area contributed by atoms with Crippen molar-refractivity contribution in [2.45, 2.75) is 49.0 Å². The molecule has 0 fully saturated rings. The van der Waals surface area contributed by atoms with Gasteiger partial charge in [-0.3, -0.25) is 14.4 Å². The Morgan fingerprint density at radius 3 is 1.90 bits per heavy atom. The van der Waals surface area contributed by atoms with E-state index < -0.39 is 62.0 Å². The van der Waals surface area contributed by atoms with E-state index in [4.69, 9.17) is 4.74 Å². The van der Waals surface area contributed by atoms with Crippen LogP contribution >= 0.6 is 0 Å². The maximum Gasteiger partial charge on any atom is 0.447 e. The summed E-state index contributed by atoms with van der Waals surface area (Å²) in [5, 5.41) is 6.63. The third-order valence-corrected chi connectivity index (χ3v) is 9.21. The smallest absolute Gasteiger partial charge is 0.447 e. The molecule has 6 N–H and O–H groups in total. The second kappa shape index (κ2) is 16.7. The van der Waals surface area contributed by atoms with Crippen molar-refractivity contribution < 1.29 is 50.3 Å². The van der Waals surface area contributed by atoms with Crippen molar-refractivity contribution in [3.8, 4) is 0 Å². The Morgan fingerprint density at radius 2 is 1.36 bits per heavy atom. The summed E-state index contributed by atoms with van der Waals surface area (Å²) in [6, 6.07) is 19.2. The van der Waals surface area contributed by atoms with Crippen LogP contribution in [0.15, 0.2) is 94.7 Å². The van der Waals surface area contributed by atoms with Crippen LogP contribution in [0.25, 0.3) is 0 Å². The van der Waals surface area contributed by atoms with Gasteiger partial charge < -0.3 is 25.4 Å². The van der Waals surface area contributed by atoms with Gasteiger partial charge >= 0.3 is 12.2 Å². The highest BCUT2D eigenvalue weighted by atomic mass is 32.2. The zero-order chi connectivity index (χ0) is 37.1. The van der Waals surface area contributed by atoms with Gasteiger partial charge in [-0.25, -0.2) is 31.9 Å². The van der Waals surface area contributed by atoms with E-state index >= 15 is 0 Å². The molecule has 3 aromatic carbocycles. The minimum absolute atomic E-state index is 0.0609. The highest BCUT2D eigenvalue weighted by Crippen LogP contribution is 2.18. The number of carbonyl (C=O) groups excluding carboxylic acids is 5. The zero-order valence-electron chi connectivity index (χ0n) is 27.1. The largest absolute Gasteiger partial charge is 0.452 e. The Balaban J connectivity index is 2.20. The van der Waals surface area contributed by atoms with Crippen LogP contribution in [0.5, 0.6) is 0 Å². The van der Waals surface area contributed by atoms with Gasteiger partial charge in [0.15, 0.2) is 0 Å². The number of ether oxygens (including phenoxy) is 2. The molecule has 2 atom stereocenters. The lowest BCUT2D eigenvalue weighted by Crippen LogP contribution is -2.79. The molecule has 2 unspecified atom stereocenters. The molecule has 0 aromatic heterocycles. The van der Waals surface area contributed by atoms with Crippen LogP contribution in [0, 0.1) is 6.92 Å². The normalized spacial score (nSPS) is 13.0. The maximum absolute atomic E-state index is 13.8. The molecule has 0 radical (unpaired) electrons. The minimum Gasteiger partial charge on any atom is -0.452 e. The third-order valence-electron chi connectivity index (χ3n) is 6.41. The first-order valence-electron chi connectivity index (χ1n) is 14.5. The fraction of sp³-hybridized carbons (Fsp3) is 0.233. The van der Waals surface area contributed by atoms with E-state index in [0.29, 0.717) is 5.56 Å². The number of nitrogens with one attached hydrogen (secondary N) is 6. The molecule has 20 heteroatoms. The highest BCUT2D eigenvalue weighted by Gasteiger charge is 2.49. The van der Waals surface area contributed by atoms with Crippen LogP contribution < -0.4 is 30.9 Å². The Kier molecular flexibility index (Phi) is 13.0. The number of sulfonamides is 2. The summed E-state index contributed by atoms with van der Waals surface area (Å²) in [5.41, 5.74) is 2.43. The van der Waals surface area contributed by atoms with Gasteiger partial charge in [0.25, 0.3) is 15.9 Å². The molecule has 3 rings (SSSR count). The van der Waals surface area contributed by atoms with Crippen LogP contribution in [0.3, 0.4) is 0 Å². The van der Waals surface area contributed by atoms with Crippen molar-refractivity contribution in [2.24, 2.45) is 0 Å². The molecule has 268 valence electrons. The van der Waals surface area contributed by atoms with Crippen molar-refractivity contribution in [3.05, 3.63) is 96.1 Å². The number of hydrogen-bond acceptors (Lipinski definition) is 11. The average Bonchev–Trinajstić information content (AvgIpc) is 3.07. The number of hydrogen-bond donors (Lipinski definition) is 6. The molecule has 0 heterocycles. The van der Waals surface area contributed by atoms with E-state index in [1.54, 1.807) is 23.2 Å². The molecular formula is C30H35N7O11S2. The third kappa shape index (κ3) is 10.5. The predicted molar refractivity (Wildman–Crippen MR) is 175 cm³/mol. The molecule has 0 saturated carbocycles. The summed E-state index contributed by atoms with van der Waals surface area (Å²) in [6.07, 6.45) is -5.91. The average molecular weight is 734 g/mol. The number of rotatable bonds is 13. The summed E-state index contributed by atoms with van der Waals surface area (Å²) in [7, 11) is -8.51. The van der Waals surface area contributed by atoms with E-state index in [2.05, 4.69) is 25.4 Å². The lowest BCUT2D eigenvalue weighted by Gasteiger charge is -2.41. The highest BCUT2D eigenvalue weighted by molar-refractivity contribution is 7.89. The quantitative estimate of drug-likeness (QED) is 0.107.